The fraction of sp³-hybridized carbons (Fsp3) is 0.435. The Hall–Kier alpha value is -3.19. The van der Waals surface area contributed by atoms with Crippen molar-refractivity contribution < 1.29 is 23.8 Å². The summed E-state index contributed by atoms with van der Waals surface area (Å²) in [4.78, 5) is 28.7. The number of carbonyl (C=O) groups is 1. The monoisotopic (exact) mass is 519 g/mol. The molecule has 1 aliphatic heterocycles. The van der Waals surface area contributed by atoms with Crippen LogP contribution in [0.5, 0.6) is 11.8 Å². The quantitative estimate of drug-likeness (QED) is 0.362. The summed E-state index contributed by atoms with van der Waals surface area (Å²) in [5.74, 6) is 0.291. The third kappa shape index (κ3) is 5.62. The van der Waals surface area contributed by atoms with E-state index in [1.165, 1.54) is 19.4 Å². The molecule has 36 heavy (non-hydrogen) atoms. The first kappa shape index (κ1) is 25.9. The molecule has 5 rings (SSSR count). The molecule has 13 heteroatoms. The number of ether oxygens (including phenoxy) is 2. The molecular formula is C23H27ClFN7O4. The number of nitrogens with one attached hydrogen (secondary N) is 3. The molecule has 2 aliphatic rings. The summed E-state index contributed by atoms with van der Waals surface area (Å²) >= 11 is 0. The molecule has 1 aromatic carbocycles. The number of aliphatic hydroxyl groups is 1. The number of fused-ring (bicyclic) bond motifs is 2. The van der Waals surface area contributed by atoms with Crippen LogP contribution in [0, 0.1) is 5.82 Å². The van der Waals surface area contributed by atoms with Crippen molar-refractivity contribution in [1.82, 2.24) is 30.6 Å². The van der Waals surface area contributed by atoms with Gasteiger partial charge in [-0.25, -0.2) is 24.3 Å². The average Bonchev–Trinajstić information content (AvgIpc) is 2.87. The summed E-state index contributed by atoms with van der Waals surface area (Å²) < 4.78 is 25.0. The van der Waals surface area contributed by atoms with Gasteiger partial charge < -0.3 is 30.5 Å². The van der Waals surface area contributed by atoms with Crippen LogP contribution in [-0.4, -0.2) is 62.9 Å². The van der Waals surface area contributed by atoms with Crippen LogP contribution in [0.2, 0.25) is 0 Å². The Labute approximate surface area is 212 Å². The number of carbonyl (C=O) groups excluding carboxylic acids is 1. The molecule has 3 aromatic rings. The van der Waals surface area contributed by atoms with Crippen molar-refractivity contribution in [3.8, 4) is 11.8 Å². The van der Waals surface area contributed by atoms with Crippen LogP contribution >= 0.6 is 12.4 Å². The van der Waals surface area contributed by atoms with Crippen LogP contribution in [0.15, 0.2) is 24.5 Å². The molecule has 0 spiro atoms. The fourth-order valence-corrected chi connectivity index (χ4v) is 4.40. The van der Waals surface area contributed by atoms with Gasteiger partial charge in [0.2, 0.25) is 5.88 Å². The molecule has 4 N–H and O–H groups in total. The molecule has 3 heterocycles. The van der Waals surface area contributed by atoms with Crippen molar-refractivity contribution in [2.75, 3.05) is 19.0 Å². The predicted octanol–water partition coefficient (Wildman–Crippen LogP) is 1.48. The van der Waals surface area contributed by atoms with Crippen molar-refractivity contribution in [2.24, 2.45) is 0 Å². The van der Waals surface area contributed by atoms with Gasteiger partial charge in [-0.1, -0.05) is 0 Å². The Morgan fingerprint density at radius 2 is 2.06 bits per heavy atom. The highest BCUT2D eigenvalue weighted by Gasteiger charge is 2.29. The van der Waals surface area contributed by atoms with E-state index in [2.05, 4.69) is 35.9 Å². The van der Waals surface area contributed by atoms with Gasteiger partial charge in [0.15, 0.2) is 12.4 Å². The maximum Gasteiger partial charge on any atom is 0.263 e. The number of benzene rings is 1. The number of aromatic nitrogens is 4. The van der Waals surface area contributed by atoms with Crippen molar-refractivity contribution in [3.63, 3.8) is 0 Å². The van der Waals surface area contributed by atoms with Crippen molar-refractivity contribution in [3.05, 3.63) is 41.6 Å². The van der Waals surface area contributed by atoms with E-state index in [1.54, 1.807) is 12.3 Å². The molecule has 0 bridgehead atoms. The number of hydrogen-bond acceptors (Lipinski definition) is 10. The highest BCUT2D eigenvalue weighted by Crippen LogP contribution is 2.25. The largest absolute Gasteiger partial charge is 0.480 e. The second-order valence-corrected chi connectivity index (χ2v) is 8.60. The highest BCUT2D eigenvalue weighted by atomic mass is 35.5. The third-order valence-electron chi connectivity index (χ3n) is 6.27. The van der Waals surface area contributed by atoms with E-state index in [-0.39, 0.29) is 49.4 Å². The molecule has 0 saturated heterocycles. The zero-order valence-electron chi connectivity index (χ0n) is 19.5. The van der Waals surface area contributed by atoms with Crippen molar-refractivity contribution in [2.45, 2.75) is 50.5 Å². The van der Waals surface area contributed by atoms with Gasteiger partial charge in [0.1, 0.15) is 11.3 Å². The van der Waals surface area contributed by atoms with Crippen molar-refractivity contribution >= 4 is 35.2 Å². The lowest BCUT2D eigenvalue weighted by atomic mass is 9.88. The second kappa shape index (κ2) is 11.2. The maximum atomic E-state index is 14.6. The fourth-order valence-electron chi connectivity index (χ4n) is 4.40. The van der Waals surface area contributed by atoms with Gasteiger partial charge in [0.25, 0.3) is 11.8 Å². The molecule has 1 amide bonds. The molecule has 2 aromatic heterocycles. The zero-order chi connectivity index (χ0) is 24.4. The number of aliphatic hydroxyl groups excluding tert-OH is 1. The number of methoxy groups -OCH3 is 1. The van der Waals surface area contributed by atoms with E-state index in [4.69, 9.17) is 9.47 Å². The van der Waals surface area contributed by atoms with E-state index < -0.39 is 6.10 Å². The minimum atomic E-state index is -0.609. The summed E-state index contributed by atoms with van der Waals surface area (Å²) in [6.45, 7) is 0.583. The minimum absolute atomic E-state index is 0. The molecule has 1 aliphatic carbocycles. The number of halogens is 2. The molecule has 11 nitrogen and oxygen atoms in total. The van der Waals surface area contributed by atoms with Crippen LogP contribution in [0.1, 0.15) is 30.5 Å². The smallest absolute Gasteiger partial charge is 0.263 e. The van der Waals surface area contributed by atoms with Crippen molar-refractivity contribution in [1.29, 1.82) is 0 Å². The lowest BCUT2D eigenvalue weighted by Gasteiger charge is -2.34. The molecule has 192 valence electrons. The first-order valence-corrected chi connectivity index (χ1v) is 11.4. The first-order chi connectivity index (χ1) is 17.0. The summed E-state index contributed by atoms with van der Waals surface area (Å²) in [5, 5.41) is 20.1. The van der Waals surface area contributed by atoms with Gasteiger partial charge in [-0.05, 0) is 31.4 Å². The standard InChI is InChI=1S/C23H26FN7O4.ClH/c1-34-20-10-27-17-5-3-15(24)14(21(17)31-20)9-26-16-4-2-12(6-18(16)32)25-7-13-8-28-23-22(29-13)30-19(33)11-35-23;/h3,5,8,10,12,16,18,25-26,32H,2,4,6-7,9,11H2,1H3,(H,29,30,33);1H/t12-,16-,18+;/m1./s1. The Morgan fingerprint density at radius 3 is 2.86 bits per heavy atom. The zero-order valence-corrected chi connectivity index (χ0v) is 20.3. The van der Waals surface area contributed by atoms with Crippen LogP contribution in [-0.2, 0) is 17.9 Å². The number of anilines is 1. The van der Waals surface area contributed by atoms with E-state index >= 15 is 0 Å². The molecular weight excluding hydrogens is 493 g/mol. The van der Waals surface area contributed by atoms with Gasteiger partial charge in [0, 0.05) is 30.7 Å². The number of rotatable bonds is 7. The summed E-state index contributed by atoms with van der Waals surface area (Å²) in [5.41, 5.74) is 2.07. The Bertz CT molecular complexity index is 1250. The van der Waals surface area contributed by atoms with E-state index in [9.17, 15) is 14.3 Å². The lowest BCUT2D eigenvalue weighted by molar-refractivity contribution is -0.118. The Morgan fingerprint density at radius 1 is 1.19 bits per heavy atom. The second-order valence-electron chi connectivity index (χ2n) is 8.60. The van der Waals surface area contributed by atoms with E-state index in [1.807, 2.05) is 0 Å². The van der Waals surface area contributed by atoms with Gasteiger partial charge >= 0.3 is 0 Å². The topological polar surface area (TPSA) is 143 Å². The molecule has 1 saturated carbocycles. The van der Waals surface area contributed by atoms with Crippen LogP contribution < -0.4 is 25.4 Å². The maximum absolute atomic E-state index is 14.6. The van der Waals surface area contributed by atoms with E-state index in [0.29, 0.717) is 59.3 Å². The van der Waals surface area contributed by atoms with Crippen LogP contribution in [0.25, 0.3) is 11.0 Å². The third-order valence-corrected chi connectivity index (χ3v) is 6.27. The summed E-state index contributed by atoms with van der Waals surface area (Å²) in [7, 11) is 1.49. The Balaban J connectivity index is 0.00000304. The average molecular weight is 520 g/mol. The van der Waals surface area contributed by atoms with Gasteiger partial charge in [-0.15, -0.1) is 12.4 Å². The lowest BCUT2D eigenvalue weighted by Crippen LogP contribution is -2.48. The molecule has 0 unspecified atom stereocenters. The van der Waals surface area contributed by atoms with Crippen LogP contribution in [0.3, 0.4) is 0 Å². The molecule has 0 radical (unpaired) electrons. The molecule has 3 atom stereocenters. The van der Waals surface area contributed by atoms with Gasteiger partial charge in [-0.3, -0.25) is 4.79 Å². The predicted molar refractivity (Wildman–Crippen MR) is 131 cm³/mol. The SMILES string of the molecule is COc1cnc2ccc(F)c(CN[C@@H]3CC[C@@H](NCc4cnc5c(n4)NC(=O)CO5)C[C@@H]3O)c2n1.Cl. The summed E-state index contributed by atoms with van der Waals surface area (Å²) in [6, 6.07) is 2.85. The van der Waals surface area contributed by atoms with Gasteiger partial charge in [-0.2, -0.15) is 0 Å². The van der Waals surface area contributed by atoms with Crippen LogP contribution in [0.4, 0.5) is 10.2 Å². The Kier molecular flexibility index (Phi) is 8.09. The van der Waals surface area contributed by atoms with Gasteiger partial charge in [0.05, 0.1) is 36.8 Å². The number of hydrogen-bond donors (Lipinski definition) is 4. The highest BCUT2D eigenvalue weighted by molar-refractivity contribution is 5.93. The normalized spacial score (nSPS) is 21.2. The number of amides is 1. The molecule has 1 fully saturated rings. The number of nitrogens with zero attached hydrogens (tertiary/aromatic N) is 4. The van der Waals surface area contributed by atoms with E-state index in [0.717, 1.165) is 6.42 Å². The first-order valence-electron chi connectivity index (χ1n) is 11.4. The minimum Gasteiger partial charge on any atom is -0.480 e. The summed E-state index contributed by atoms with van der Waals surface area (Å²) in [6.07, 6.45) is 4.54.